The molecule has 2 heterocycles. The molecule has 0 amide bonds. The van der Waals surface area contributed by atoms with Crippen molar-refractivity contribution in [1.82, 2.24) is 20.0 Å². The average Bonchev–Trinajstić information content (AvgIpc) is 2.80. The Hall–Kier alpha value is -1.20. The van der Waals surface area contributed by atoms with Crippen molar-refractivity contribution in [2.75, 3.05) is 26.2 Å². The van der Waals surface area contributed by atoms with Gasteiger partial charge >= 0.3 is 0 Å². The summed E-state index contributed by atoms with van der Waals surface area (Å²) in [6.45, 7) is 8.88. The van der Waals surface area contributed by atoms with Gasteiger partial charge in [-0.05, 0) is 13.8 Å². The molecule has 0 atom stereocenters. The maximum absolute atomic E-state index is 10.9. The Labute approximate surface area is 102 Å². The number of hydrogen-bond donors (Lipinski definition) is 1. The van der Waals surface area contributed by atoms with Crippen LogP contribution in [0.3, 0.4) is 0 Å². The molecule has 0 aliphatic carbocycles. The Morgan fingerprint density at radius 3 is 2.82 bits per heavy atom. The van der Waals surface area contributed by atoms with Crippen LogP contribution in [0.5, 0.6) is 0 Å². The molecule has 5 heteroatoms. The zero-order chi connectivity index (χ0) is 12.3. The van der Waals surface area contributed by atoms with E-state index in [1.807, 2.05) is 26.2 Å². The molecular formula is C12H20N4O. The molecule has 1 aromatic heterocycles. The Balaban J connectivity index is 2.00. The summed E-state index contributed by atoms with van der Waals surface area (Å²) in [6, 6.07) is 0. The number of rotatable bonds is 4. The molecule has 1 aliphatic rings. The summed E-state index contributed by atoms with van der Waals surface area (Å²) in [4.78, 5) is 13.3. The fraction of sp³-hybridized carbons (Fsp3) is 0.667. The Bertz CT molecular complexity index is 380. The van der Waals surface area contributed by atoms with E-state index in [-0.39, 0.29) is 0 Å². The van der Waals surface area contributed by atoms with Gasteiger partial charge in [-0.3, -0.25) is 9.58 Å². The minimum absolute atomic E-state index is 0.554. The van der Waals surface area contributed by atoms with E-state index in [9.17, 15) is 4.79 Å². The molecule has 17 heavy (non-hydrogen) atoms. The molecule has 0 spiro atoms. The first-order valence-electron chi connectivity index (χ1n) is 6.05. The molecule has 1 saturated heterocycles. The predicted octanol–water partition coefficient (Wildman–Crippen LogP) is 0.222. The van der Waals surface area contributed by atoms with Crippen molar-refractivity contribution in [3.05, 3.63) is 18.0 Å². The first-order valence-corrected chi connectivity index (χ1v) is 6.05. The molecule has 1 N–H and O–H groups in total. The molecule has 5 nitrogen and oxygen atoms in total. The maximum Gasteiger partial charge on any atom is 0.147 e. The lowest BCUT2D eigenvalue weighted by Crippen LogP contribution is -2.42. The lowest BCUT2D eigenvalue weighted by Gasteiger charge is -2.26. The van der Waals surface area contributed by atoms with Crippen molar-refractivity contribution in [1.29, 1.82) is 0 Å². The summed E-state index contributed by atoms with van der Waals surface area (Å²) in [6.07, 6.45) is 4.75. The van der Waals surface area contributed by atoms with Gasteiger partial charge in [0.05, 0.1) is 6.20 Å². The summed E-state index contributed by atoms with van der Waals surface area (Å²) in [7, 11) is 0. The van der Waals surface area contributed by atoms with Crippen LogP contribution in [-0.4, -0.2) is 47.1 Å². The number of nitrogens with one attached hydrogen (secondary N) is 1. The molecular weight excluding hydrogens is 216 g/mol. The topological polar surface area (TPSA) is 50.2 Å². The Morgan fingerprint density at radius 2 is 2.18 bits per heavy atom. The highest BCUT2D eigenvalue weighted by atomic mass is 16.1. The highest BCUT2D eigenvalue weighted by Gasteiger charge is 2.20. The van der Waals surface area contributed by atoms with Crippen molar-refractivity contribution in [2.45, 2.75) is 25.9 Å². The molecule has 0 aromatic carbocycles. The van der Waals surface area contributed by atoms with E-state index < -0.39 is 5.54 Å². The van der Waals surface area contributed by atoms with E-state index in [4.69, 9.17) is 0 Å². The van der Waals surface area contributed by atoms with Gasteiger partial charge in [-0.25, -0.2) is 0 Å². The van der Waals surface area contributed by atoms with Gasteiger partial charge in [0.2, 0.25) is 0 Å². The molecule has 0 saturated carbocycles. The largest absolute Gasteiger partial charge is 0.314 e. The molecule has 0 bridgehead atoms. The summed E-state index contributed by atoms with van der Waals surface area (Å²) in [5.74, 6) is 0. The van der Waals surface area contributed by atoms with Crippen LogP contribution < -0.4 is 5.32 Å². The van der Waals surface area contributed by atoms with E-state index in [0.29, 0.717) is 0 Å². The number of carbonyl (C=O) groups excluding carboxylic acids is 1. The van der Waals surface area contributed by atoms with Crippen molar-refractivity contribution < 1.29 is 4.79 Å². The van der Waals surface area contributed by atoms with E-state index in [1.54, 1.807) is 4.68 Å². The molecule has 94 valence electrons. The highest BCUT2D eigenvalue weighted by Crippen LogP contribution is 2.13. The van der Waals surface area contributed by atoms with Crippen LogP contribution in [0.25, 0.3) is 0 Å². The third-order valence-corrected chi connectivity index (χ3v) is 3.13. The Morgan fingerprint density at radius 1 is 1.47 bits per heavy atom. The number of aldehydes is 1. The van der Waals surface area contributed by atoms with Crippen LogP contribution in [0.1, 0.15) is 19.4 Å². The SMILES string of the molecule is CC(C)(C=O)n1cc(CN2CCNCC2)cn1. The van der Waals surface area contributed by atoms with Crippen molar-refractivity contribution in [3.8, 4) is 0 Å². The fourth-order valence-electron chi connectivity index (χ4n) is 1.94. The van der Waals surface area contributed by atoms with Crippen LogP contribution in [0.15, 0.2) is 12.4 Å². The number of hydrogen-bond acceptors (Lipinski definition) is 4. The zero-order valence-corrected chi connectivity index (χ0v) is 10.5. The quantitative estimate of drug-likeness (QED) is 0.760. The predicted molar refractivity (Wildman–Crippen MR) is 65.8 cm³/mol. The second-order valence-corrected chi connectivity index (χ2v) is 5.09. The van der Waals surface area contributed by atoms with E-state index >= 15 is 0 Å². The molecule has 1 fully saturated rings. The number of aromatic nitrogens is 2. The molecule has 2 rings (SSSR count). The van der Waals surface area contributed by atoms with Crippen LogP contribution in [0.2, 0.25) is 0 Å². The maximum atomic E-state index is 10.9. The summed E-state index contributed by atoms with van der Waals surface area (Å²) >= 11 is 0. The van der Waals surface area contributed by atoms with Gasteiger partial charge in [0.25, 0.3) is 0 Å². The van der Waals surface area contributed by atoms with Gasteiger partial charge in [0, 0.05) is 44.5 Å². The summed E-state index contributed by atoms with van der Waals surface area (Å²) in [5, 5.41) is 7.60. The van der Waals surface area contributed by atoms with Crippen LogP contribution in [0.4, 0.5) is 0 Å². The summed E-state index contributed by atoms with van der Waals surface area (Å²) in [5.41, 5.74) is 0.614. The van der Waals surface area contributed by atoms with Gasteiger partial charge in [0.15, 0.2) is 0 Å². The van der Waals surface area contributed by atoms with Gasteiger partial charge < -0.3 is 10.1 Å². The molecule has 1 aromatic rings. The van der Waals surface area contributed by atoms with Crippen molar-refractivity contribution >= 4 is 6.29 Å². The third-order valence-electron chi connectivity index (χ3n) is 3.13. The number of piperazine rings is 1. The number of carbonyl (C=O) groups is 1. The van der Waals surface area contributed by atoms with Gasteiger partial charge in [0.1, 0.15) is 11.8 Å². The lowest BCUT2D eigenvalue weighted by atomic mass is 10.1. The fourth-order valence-corrected chi connectivity index (χ4v) is 1.94. The second-order valence-electron chi connectivity index (χ2n) is 5.09. The normalized spacial score (nSPS) is 18.2. The van der Waals surface area contributed by atoms with E-state index in [2.05, 4.69) is 15.3 Å². The molecule has 0 unspecified atom stereocenters. The lowest BCUT2D eigenvalue weighted by molar-refractivity contribution is -0.114. The zero-order valence-electron chi connectivity index (χ0n) is 10.5. The minimum Gasteiger partial charge on any atom is -0.314 e. The highest BCUT2D eigenvalue weighted by molar-refractivity contribution is 5.60. The van der Waals surface area contributed by atoms with Crippen LogP contribution >= 0.6 is 0 Å². The smallest absolute Gasteiger partial charge is 0.147 e. The molecule has 1 aliphatic heterocycles. The van der Waals surface area contributed by atoms with Crippen LogP contribution in [0, 0.1) is 0 Å². The Kier molecular flexibility index (Phi) is 3.59. The average molecular weight is 236 g/mol. The molecule has 0 radical (unpaired) electrons. The van der Waals surface area contributed by atoms with Crippen molar-refractivity contribution in [2.24, 2.45) is 0 Å². The van der Waals surface area contributed by atoms with Gasteiger partial charge in [-0.15, -0.1) is 0 Å². The standard InChI is InChI=1S/C12H20N4O/c1-12(2,10-17)16-9-11(7-14-16)8-15-5-3-13-4-6-15/h7,9-10,13H,3-6,8H2,1-2H3. The van der Waals surface area contributed by atoms with Gasteiger partial charge in [-0.1, -0.05) is 0 Å². The number of nitrogens with zero attached hydrogens (tertiary/aromatic N) is 3. The van der Waals surface area contributed by atoms with Crippen LogP contribution in [-0.2, 0) is 16.9 Å². The van der Waals surface area contributed by atoms with E-state index in [0.717, 1.165) is 39.0 Å². The minimum atomic E-state index is -0.554. The van der Waals surface area contributed by atoms with Crippen molar-refractivity contribution in [3.63, 3.8) is 0 Å². The monoisotopic (exact) mass is 236 g/mol. The van der Waals surface area contributed by atoms with E-state index in [1.165, 1.54) is 5.56 Å². The first-order chi connectivity index (χ1) is 8.12. The first kappa shape index (κ1) is 12.3. The summed E-state index contributed by atoms with van der Waals surface area (Å²) < 4.78 is 1.73. The van der Waals surface area contributed by atoms with Gasteiger partial charge in [-0.2, -0.15) is 5.10 Å². The second kappa shape index (κ2) is 4.98. The third kappa shape index (κ3) is 2.92.